The van der Waals surface area contributed by atoms with Crippen LogP contribution in [0.3, 0.4) is 0 Å². The maximum atomic E-state index is 12.0. The van der Waals surface area contributed by atoms with Gasteiger partial charge in [0.15, 0.2) is 5.96 Å². The Hall–Kier alpha value is -0.300. The topological polar surface area (TPSA) is 73.8 Å². The van der Waals surface area contributed by atoms with Gasteiger partial charge in [0.05, 0.1) is 12.7 Å². The number of hydrogen-bond donors (Lipinski definition) is 2. The molecule has 0 saturated heterocycles. The minimum absolute atomic E-state index is 0. The molecule has 0 rings (SSSR count). The van der Waals surface area contributed by atoms with E-state index < -0.39 is 22.6 Å². The largest absolute Gasteiger partial charge is 0.390 e. The highest BCUT2D eigenvalue weighted by Gasteiger charge is 2.26. The lowest BCUT2D eigenvalue weighted by atomic mass is 10.4. The first-order valence-corrected chi connectivity index (χ1v) is 8.41. The maximum absolute atomic E-state index is 12.0. The van der Waals surface area contributed by atoms with Crippen LogP contribution in [-0.2, 0) is 10.0 Å². The molecule has 6 nitrogen and oxygen atoms in total. The van der Waals surface area contributed by atoms with Crippen molar-refractivity contribution in [3.63, 3.8) is 0 Å². The monoisotopic (exact) mass is 460 g/mol. The summed E-state index contributed by atoms with van der Waals surface area (Å²) in [5, 5.41) is 5.38. The number of sulfonamides is 1. The van der Waals surface area contributed by atoms with Gasteiger partial charge in [0.2, 0.25) is 10.0 Å². The van der Waals surface area contributed by atoms with E-state index in [2.05, 4.69) is 15.6 Å². The molecule has 0 aromatic rings. The molecule has 0 amide bonds. The number of aliphatic imine (C=N–C) groups is 1. The van der Waals surface area contributed by atoms with Gasteiger partial charge < -0.3 is 10.6 Å². The summed E-state index contributed by atoms with van der Waals surface area (Å²) in [6, 6.07) is 0. The Morgan fingerprint density at radius 3 is 2.18 bits per heavy atom. The van der Waals surface area contributed by atoms with Crippen molar-refractivity contribution in [3.05, 3.63) is 0 Å². The summed E-state index contributed by atoms with van der Waals surface area (Å²) in [6.07, 6.45) is -3.48. The van der Waals surface area contributed by atoms with Crippen LogP contribution in [0.1, 0.15) is 19.8 Å². The molecule has 0 aliphatic carbocycles. The number of nitrogens with zero attached hydrogens (tertiary/aromatic N) is 2. The molecule has 0 aliphatic heterocycles. The van der Waals surface area contributed by atoms with Gasteiger partial charge >= 0.3 is 6.18 Å². The molecule has 22 heavy (non-hydrogen) atoms. The van der Waals surface area contributed by atoms with Crippen LogP contribution in [0.4, 0.5) is 13.2 Å². The zero-order valence-electron chi connectivity index (χ0n) is 12.9. The summed E-state index contributed by atoms with van der Waals surface area (Å²) in [5.74, 6) is 0.265. The molecule has 11 heteroatoms. The fourth-order valence-electron chi connectivity index (χ4n) is 1.56. The number of alkyl halides is 3. The lowest BCUT2D eigenvalue weighted by Gasteiger charge is -2.18. The Kier molecular flexibility index (Phi) is 12.3. The zero-order valence-corrected chi connectivity index (χ0v) is 16.1. The Morgan fingerprint density at radius 2 is 1.77 bits per heavy atom. The third-order valence-corrected chi connectivity index (χ3v) is 4.00. The quantitative estimate of drug-likeness (QED) is 0.249. The van der Waals surface area contributed by atoms with Gasteiger partial charge in [0.25, 0.3) is 0 Å². The van der Waals surface area contributed by atoms with Crippen LogP contribution >= 0.6 is 24.0 Å². The predicted octanol–water partition coefficient (Wildman–Crippen LogP) is 1.39. The van der Waals surface area contributed by atoms with E-state index in [4.69, 9.17) is 0 Å². The smallest absolute Gasteiger partial charge is 0.356 e. The molecule has 0 unspecified atom stereocenters. The second-order valence-electron chi connectivity index (χ2n) is 4.40. The average Bonchev–Trinajstić information content (AvgIpc) is 2.33. The first kappa shape index (κ1) is 24.0. The highest BCUT2D eigenvalue weighted by molar-refractivity contribution is 14.0. The van der Waals surface area contributed by atoms with E-state index in [1.165, 1.54) is 11.4 Å². The number of halogens is 4. The van der Waals surface area contributed by atoms with Gasteiger partial charge in [0.1, 0.15) is 0 Å². The second-order valence-corrected chi connectivity index (χ2v) is 6.38. The van der Waals surface area contributed by atoms with Crippen LogP contribution in [0.2, 0.25) is 0 Å². The SMILES string of the molecule is CCN(CCCNC(=NC)NCCC(F)(F)F)S(C)(=O)=O.I. The molecule has 0 aliphatic rings. The van der Waals surface area contributed by atoms with Gasteiger partial charge in [-0.05, 0) is 6.42 Å². The van der Waals surface area contributed by atoms with Crippen molar-refractivity contribution in [3.8, 4) is 0 Å². The van der Waals surface area contributed by atoms with Gasteiger partial charge in [-0.2, -0.15) is 13.2 Å². The van der Waals surface area contributed by atoms with E-state index >= 15 is 0 Å². The Morgan fingerprint density at radius 1 is 1.23 bits per heavy atom. The molecule has 0 saturated carbocycles. The van der Waals surface area contributed by atoms with E-state index in [0.717, 1.165) is 6.26 Å². The summed E-state index contributed by atoms with van der Waals surface area (Å²) in [5.41, 5.74) is 0. The number of hydrogen-bond acceptors (Lipinski definition) is 3. The van der Waals surface area contributed by atoms with Gasteiger partial charge in [-0.15, -0.1) is 24.0 Å². The van der Waals surface area contributed by atoms with Crippen molar-refractivity contribution in [1.82, 2.24) is 14.9 Å². The fourth-order valence-corrected chi connectivity index (χ4v) is 2.49. The van der Waals surface area contributed by atoms with Crippen molar-refractivity contribution in [1.29, 1.82) is 0 Å². The van der Waals surface area contributed by atoms with E-state index in [0.29, 0.717) is 26.1 Å². The molecule has 134 valence electrons. The van der Waals surface area contributed by atoms with E-state index in [9.17, 15) is 21.6 Å². The minimum atomic E-state index is -4.21. The van der Waals surface area contributed by atoms with Crippen molar-refractivity contribution < 1.29 is 21.6 Å². The molecule has 2 N–H and O–H groups in total. The fraction of sp³-hybridized carbons (Fsp3) is 0.909. The van der Waals surface area contributed by atoms with E-state index in [1.54, 1.807) is 6.92 Å². The maximum Gasteiger partial charge on any atom is 0.390 e. The Balaban J connectivity index is 0. The van der Waals surface area contributed by atoms with Gasteiger partial charge in [-0.25, -0.2) is 12.7 Å². The van der Waals surface area contributed by atoms with Gasteiger partial charge in [0, 0.05) is 33.2 Å². The second kappa shape index (κ2) is 11.3. The molecular weight excluding hydrogens is 436 g/mol. The summed E-state index contributed by atoms with van der Waals surface area (Å²) in [7, 11) is -1.76. The van der Waals surface area contributed by atoms with Crippen molar-refractivity contribution in [2.24, 2.45) is 4.99 Å². The van der Waals surface area contributed by atoms with Crippen LogP contribution < -0.4 is 10.6 Å². The molecule has 0 aromatic carbocycles. The number of rotatable bonds is 8. The zero-order chi connectivity index (χ0) is 16.5. The highest BCUT2D eigenvalue weighted by Crippen LogP contribution is 2.17. The van der Waals surface area contributed by atoms with Crippen LogP contribution in [0, 0.1) is 0 Å². The van der Waals surface area contributed by atoms with Gasteiger partial charge in [-0.1, -0.05) is 6.92 Å². The van der Waals surface area contributed by atoms with Gasteiger partial charge in [-0.3, -0.25) is 4.99 Å². The van der Waals surface area contributed by atoms with E-state index in [1.807, 2.05) is 0 Å². The molecular formula is C11H24F3IN4O2S. The Labute approximate surface area is 147 Å². The first-order valence-electron chi connectivity index (χ1n) is 6.56. The Bertz CT molecular complexity index is 430. The van der Waals surface area contributed by atoms with Crippen molar-refractivity contribution >= 4 is 40.0 Å². The van der Waals surface area contributed by atoms with Crippen molar-refractivity contribution in [2.75, 3.05) is 39.5 Å². The van der Waals surface area contributed by atoms with Crippen LogP contribution in [-0.4, -0.2) is 64.3 Å². The third-order valence-electron chi connectivity index (χ3n) is 2.62. The minimum Gasteiger partial charge on any atom is -0.356 e. The summed E-state index contributed by atoms with van der Waals surface area (Å²) in [4.78, 5) is 3.79. The average molecular weight is 460 g/mol. The number of nitrogens with one attached hydrogen (secondary N) is 2. The van der Waals surface area contributed by atoms with Crippen LogP contribution in [0.25, 0.3) is 0 Å². The molecule has 0 aromatic heterocycles. The lowest BCUT2D eigenvalue weighted by molar-refractivity contribution is -0.132. The molecule has 0 bridgehead atoms. The number of guanidine groups is 1. The molecule has 0 atom stereocenters. The standard InChI is InChI=1S/C11H23F3N4O2S.HI/c1-4-18(21(3,19)20)9-5-7-16-10(15-2)17-8-6-11(12,13)14;/h4-9H2,1-3H3,(H2,15,16,17);1H. The molecule has 0 heterocycles. The molecule has 0 spiro atoms. The first-order chi connectivity index (χ1) is 9.60. The normalized spacial score (nSPS) is 13.0. The predicted molar refractivity (Wildman–Crippen MR) is 92.2 cm³/mol. The van der Waals surface area contributed by atoms with Crippen LogP contribution in [0.15, 0.2) is 4.99 Å². The van der Waals surface area contributed by atoms with Crippen LogP contribution in [0.5, 0.6) is 0 Å². The van der Waals surface area contributed by atoms with Crippen molar-refractivity contribution in [2.45, 2.75) is 25.9 Å². The third kappa shape index (κ3) is 12.3. The lowest BCUT2D eigenvalue weighted by Crippen LogP contribution is -2.40. The molecule has 0 radical (unpaired) electrons. The summed E-state index contributed by atoms with van der Waals surface area (Å²) >= 11 is 0. The highest BCUT2D eigenvalue weighted by atomic mass is 127. The summed E-state index contributed by atoms with van der Waals surface area (Å²) < 4.78 is 60.0. The van der Waals surface area contributed by atoms with E-state index in [-0.39, 0.29) is 36.5 Å². The summed E-state index contributed by atoms with van der Waals surface area (Å²) in [6.45, 7) is 2.64. The molecule has 0 fully saturated rings.